The van der Waals surface area contributed by atoms with Gasteiger partial charge in [-0.1, -0.05) is 55.1 Å². The maximum Gasteiger partial charge on any atom is 0.233 e. The van der Waals surface area contributed by atoms with E-state index in [1.54, 1.807) is 35.2 Å². The van der Waals surface area contributed by atoms with E-state index in [2.05, 4.69) is 12.6 Å². The van der Waals surface area contributed by atoms with E-state index in [9.17, 15) is 23.9 Å². The van der Waals surface area contributed by atoms with Crippen molar-refractivity contribution in [2.24, 2.45) is 5.92 Å². The number of carbonyl (C=O) groups excluding carboxylic acids is 1. The van der Waals surface area contributed by atoms with E-state index in [4.69, 9.17) is 0 Å². The SMILES string of the molecule is C=C/C(C#N)=C\C(=C/C)c1ccc([C@@H]2[C@@H](CC[C@H](O)c3ccc(F)cc3)C(=O)N2c2ccc(F)cc2)cc1. The van der Waals surface area contributed by atoms with Crippen molar-refractivity contribution in [3.63, 3.8) is 0 Å². The Kier molecular flexibility index (Phi) is 8.30. The van der Waals surface area contributed by atoms with Crippen molar-refractivity contribution < 1.29 is 18.7 Å². The lowest BCUT2D eigenvalue weighted by Crippen LogP contribution is -2.55. The smallest absolute Gasteiger partial charge is 0.233 e. The maximum atomic E-state index is 13.6. The molecule has 0 aliphatic carbocycles. The first kappa shape index (κ1) is 26.7. The molecule has 38 heavy (non-hydrogen) atoms. The summed E-state index contributed by atoms with van der Waals surface area (Å²) in [7, 11) is 0. The number of aliphatic hydroxyl groups excluding tert-OH is 1. The van der Waals surface area contributed by atoms with Gasteiger partial charge in [-0.2, -0.15) is 5.26 Å². The molecular formula is C32H28F2N2O2. The minimum Gasteiger partial charge on any atom is -0.388 e. The number of hydrogen-bond acceptors (Lipinski definition) is 3. The van der Waals surface area contributed by atoms with E-state index < -0.39 is 6.10 Å². The predicted molar refractivity (Wildman–Crippen MR) is 145 cm³/mol. The summed E-state index contributed by atoms with van der Waals surface area (Å²) >= 11 is 0. The molecule has 6 heteroatoms. The Morgan fingerprint density at radius 2 is 1.66 bits per heavy atom. The highest BCUT2D eigenvalue weighted by Gasteiger charge is 2.48. The molecule has 1 fully saturated rings. The van der Waals surface area contributed by atoms with Gasteiger partial charge in [0.15, 0.2) is 0 Å². The number of nitrogens with zero attached hydrogens (tertiary/aromatic N) is 2. The van der Waals surface area contributed by atoms with Crippen LogP contribution in [0.15, 0.2) is 103 Å². The van der Waals surface area contributed by atoms with E-state index in [0.29, 0.717) is 29.7 Å². The molecule has 1 N–H and O–H groups in total. The Morgan fingerprint density at radius 3 is 2.21 bits per heavy atom. The molecule has 3 aromatic rings. The van der Waals surface area contributed by atoms with Crippen LogP contribution in [0.1, 0.15) is 48.6 Å². The molecule has 0 saturated carbocycles. The lowest BCUT2D eigenvalue weighted by Gasteiger charge is -2.48. The molecule has 1 heterocycles. The zero-order valence-electron chi connectivity index (χ0n) is 21.0. The minimum atomic E-state index is -0.825. The van der Waals surface area contributed by atoms with Crippen molar-refractivity contribution in [3.8, 4) is 6.07 Å². The Hall–Kier alpha value is -4.34. The van der Waals surface area contributed by atoms with Gasteiger partial charge in [0.1, 0.15) is 11.6 Å². The van der Waals surface area contributed by atoms with Gasteiger partial charge in [0, 0.05) is 5.69 Å². The summed E-state index contributed by atoms with van der Waals surface area (Å²) in [6, 6.07) is 21.1. The molecular weight excluding hydrogens is 482 g/mol. The Bertz CT molecular complexity index is 1400. The minimum absolute atomic E-state index is 0.0984. The van der Waals surface area contributed by atoms with Crippen LogP contribution in [0.25, 0.3) is 5.57 Å². The Balaban J connectivity index is 1.60. The molecule has 0 radical (unpaired) electrons. The van der Waals surface area contributed by atoms with Gasteiger partial charge in [0.25, 0.3) is 0 Å². The highest BCUT2D eigenvalue weighted by Crippen LogP contribution is 2.46. The molecule has 0 spiro atoms. The maximum absolute atomic E-state index is 13.6. The van der Waals surface area contributed by atoms with Gasteiger partial charge in [-0.25, -0.2) is 8.78 Å². The van der Waals surface area contributed by atoms with Crippen molar-refractivity contribution in [1.82, 2.24) is 0 Å². The molecule has 1 amide bonds. The third-order valence-corrected chi connectivity index (χ3v) is 6.88. The summed E-state index contributed by atoms with van der Waals surface area (Å²) in [5, 5.41) is 19.9. The number of rotatable bonds is 9. The fourth-order valence-electron chi connectivity index (χ4n) is 4.80. The first-order valence-electron chi connectivity index (χ1n) is 12.4. The number of amides is 1. The van der Waals surface area contributed by atoms with E-state index in [-0.39, 0.29) is 29.5 Å². The monoisotopic (exact) mass is 510 g/mol. The van der Waals surface area contributed by atoms with Crippen molar-refractivity contribution in [2.75, 3.05) is 4.90 Å². The second-order valence-corrected chi connectivity index (χ2v) is 9.16. The van der Waals surface area contributed by atoms with E-state index in [1.165, 1.54) is 30.3 Å². The van der Waals surface area contributed by atoms with E-state index in [0.717, 1.165) is 16.7 Å². The van der Waals surface area contributed by atoms with Crippen LogP contribution in [0.3, 0.4) is 0 Å². The Labute approximate surface area is 221 Å². The van der Waals surface area contributed by atoms with E-state index in [1.807, 2.05) is 37.3 Å². The number of benzene rings is 3. The largest absolute Gasteiger partial charge is 0.388 e. The van der Waals surface area contributed by atoms with Crippen LogP contribution in [-0.2, 0) is 4.79 Å². The van der Waals surface area contributed by atoms with Crippen LogP contribution in [0.5, 0.6) is 0 Å². The lowest BCUT2D eigenvalue weighted by atomic mass is 9.78. The Morgan fingerprint density at radius 1 is 1.05 bits per heavy atom. The van der Waals surface area contributed by atoms with Gasteiger partial charge in [0.05, 0.1) is 29.7 Å². The van der Waals surface area contributed by atoms with Crippen LogP contribution < -0.4 is 4.90 Å². The van der Waals surface area contributed by atoms with Crippen LogP contribution >= 0.6 is 0 Å². The van der Waals surface area contributed by atoms with E-state index >= 15 is 0 Å². The number of halogens is 2. The summed E-state index contributed by atoms with van der Waals surface area (Å²) < 4.78 is 26.8. The van der Waals surface area contributed by atoms with Gasteiger partial charge < -0.3 is 10.0 Å². The third kappa shape index (κ3) is 5.64. The predicted octanol–water partition coefficient (Wildman–Crippen LogP) is 7.22. The lowest BCUT2D eigenvalue weighted by molar-refractivity contribution is -0.131. The highest BCUT2D eigenvalue weighted by molar-refractivity contribution is 6.03. The molecule has 0 aromatic heterocycles. The van der Waals surface area contributed by atoms with Crippen LogP contribution in [-0.4, -0.2) is 11.0 Å². The van der Waals surface area contributed by atoms with Gasteiger partial charge in [0.2, 0.25) is 5.91 Å². The molecule has 192 valence electrons. The topological polar surface area (TPSA) is 64.3 Å². The summed E-state index contributed by atoms with van der Waals surface area (Å²) in [6.45, 7) is 5.56. The van der Waals surface area contributed by atoms with Crippen molar-refractivity contribution >= 4 is 17.2 Å². The summed E-state index contributed by atoms with van der Waals surface area (Å²) in [4.78, 5) is 14.9. The fraction of sp³-hybridized carbons (Fsp3) is 0.188. The molecule has 3 aromatic carbocycles. The number of β-lactam (4-membered cyclic amide) rings is 1. The third-order valence-electron chi connectivity index (χ3n) is 6.88. The normalized spacial score (nSPS) is 18.5. The summed E-state index contributed by atoms with van der Waals surface area (Å²) in [6.07, 6.45) is 5.11. The number of carbonyl (C=O) groups is 1. The van der Waals surface area contributed by atoms with Crippen molar-refractivity contribution in [3.05, 3.63) is 132 Å². The molecule has 1 aliphatic heterocycles. The van der Waals surface area contributed by atoms with Gasteiger partial charge in [-0.15, -0.1) is 0 Å². The summed E-state index contributed by atoms with van der Waals surface area (Å²) in [5.41, 5.74) is 4.33. The van der Waals surface area contributed by atoms with Crippen molar-refractivity contribution in [1.29, 1.82) is 5.26 Å². The molecule has 4 nitrogen and oxygen atoms in total. The van der Waals surface area contributed by atoms with Gasteiger partial charge >= 0.3 is 0 Å². The first-order valence-corrected chi connectivity index (χ1v) is 12.4. The average molecular weight is 511 g/mol. The number of anilines is 1. The van der Waals surface area contributed by atoms with Crippen LogP contribution in [0, 0.1) is 28.9 Å². The molecule has 3 atom stereocenters. The first-order chi connectivity index (χ1) is 18.4. The highest BCUT2D eigenvalue weighted by atomic mass is 19.1. The number of nitriles is 1. The number of aliphatic hydroxyl groups is 1. The molecule has 1 saturated heterocycles. The van der Waals surface area contributed by atoms with Crippen LogP contribution in [0.4, 0.5) is 14.5 Å². The van der Waals surface area contributed by atoms with Crippen molar-refractivity contribution in [2.45, 2.75) is 31.9 Å². The molecule has 1 aliphatic rings. The second-order valence-electron chi connectivity index (χ2n) is 9.16. The molecule has 4 rings (SSSR count). The second kappa shape index (κ2) is 11.8. The zero-order valence-corrected chi connectivity index (χ0v) is 21.0. The molecule has 0 unspecified atom stereocenters. The quantitative estimate of drug-likeness (QED) is 0.188. The van der Waals surface area contributed by atoms with Crippen LogP contribution in [0.2, 0.25) is 0 Å². The standard InChI is InChI=1S/C32H28F2N2O2/c1-3-21(20-35)19-22(4-2)23-5-7-25(8-6-23)31-29(17-18-30(37)24-9-11-26(33)12-10-24)32(38)36(31)28-15-13-27(34)14-16-28/h3-16,19,29-31,37H,1,17-18H2,2H3/b21-19+,22-4+/t29-,30+,31-/m1/s1. The van der Waals surface area contributed by atoms with Gasteiger partial charge in [-0.3, -0.25) is 4.79 Å². The van der Waals surface area contributed by atoms with Gasteiger partial charge in [-0.05, 0) is 84.5 Å². The number of hydrogen-bond donors (Lipinski definition) is 1. The summed E-state index contributed by atoms with van der Waals surface area (Å²) in [5.74, 6) is -1.24. The average Bonchev–Trinajstić information content (AvgIpc) is 2.94. The zero-order chi connectivity index (χ0) is 27.2. The fourth-order valence-corrected chi connectivity index (χ4v) is 4.80. The number of allylic oxidation sites excluding steroid dienone is 5. The molecule has 0 bridgehead atoms.